The van der Waals surface area contributed by atoms with Crippen LogP contribution in [0.2, 0.25) is 0 Å². The Morgan fingerprint density at radius 1 is 1.47 bits per heavy atom. The molecule has 9 heteroatoms. The van der Waals surface area contributed by atoms with E-state index in [1.807, 2.05) is 0 Å². The number of nitrogens with zero attached hydrogens (tertiary/aromatic N) is 1. The number of H-pyrrole nitrogens is 1. The molecule has 2 aromatic heterocycles. The van der Waals surface area contributed by atoms with Gasteiger partial charge in [-0.25, -0.2) is 13.2 Å². The molecule has 0 bridgehead atoms. The molecule has 0 aromatic carbocycles. The number of anilines is 1. The van der Waals surface area contributed by atoms with Crippen LogP contribution in [0.1, 0.15) is 20.1 Å². The molecule has 2 rings (SSSR count). The van der Waals surface area contributed by atoms with Gasteiger partial charge in [-0.2, -0.15) is 5.10 Å². The predicted octanol–water partition coefficient (Wildman–Crippen LogP) is 1.59. The fourth-order valence-electron chi connectivity index (χ4n) is 1.48. The van der Waals surface area contributed by atoms with Gasteiger partial charge in [-0.15, -0.1) is 11.3 Å². The van der Waals surface area contributed by atoms with Crippen LogP contribution < -0.4 is 4.72 Å². The first-order valence-corrected chi connectivity index (χ1v) is 7.48. The van der Waals surface area contributed by atoms with Crippen LogP contribution in [0.25, 0.3) is 0 Å². The van der Waals surface area contributed by atoms with Crippen molar-refractivity contribution >= 4 is 33.1 Å². The molecule has 3 N–H and O–H groups in total. The number of aromatic nitrogens is 2. The topological polar surface area (TPSA) is 112 Å². The molecule has 2 heterocycles. The Balaban J connectivity index is 2.40. The van der Waals surface area contributed by atoms with E-state index < -0.39 is 16.0 Å². The summed E-state index contributed by atoms with van der Waals surface area (Å²) < 4.78 is 26.7. The van der Waals surface area contributed by atoms with Gasteiger partial charge in [0.15, 0.2) is 0 Å². The van der Waals surface area contributed by atoms with Gasteiger partial charge in [0.05, 0.1) is 6.20 Å². The molecule has 2 aromatic rings. The van der Waals surface area contributed by atoms with Crippen LogP contribution in [0.5, 0.6) is 0 Å². The number of carboxylic acids is 1. The Hall–Kier alpha value is -1.87. The minimum absolute atomic E-state index is 0.0146. The number of thiophene rings is 1. The second-order valence-corrected chi connectivity index (χ2v) is 6.78. The van der Waals surface area contributed by atoms with Crippen molar-refractivity contribution in [1.82, 2.24) is 10.2 Å². The molecule has 0 fully saturated rings. The van der Waals surface area contributed by atoms with E-state index in [9.17, 15) is 13.2 Å². The zero-order chi connectivity index (χ0) is 14.2. The molecule has 0 aliphatic heterocycles. The smallest absolute Gasteiger partial charge is 0.345 e. The molecule has 0 saturated heterocycles. The van der Waals surface area contributed by atoms with Crippen LogP contribution in [0.3, 0.4) is 0 Å². The first-order valence-electron chi connectivity index (χ1n) is 5.18. The number of rotatable bonds is 4. The maximum Gasteiger partial charge on any atom is 0.345 e. The first kappa shape index (κ1) is 13.6. The van der Waals surface area contributed by atoms with Crippen LogP contribution in [0.4, 0.5) is 5.82 Å². The minimum atomic E-state index is -3.82. The van der Waals surface area contributed by atoms with Gasteiger partial charge < -0.3 is 5.11 Å². The molecule has 0 aliphatic carbocycles. The number of nitrogens with one attached hydrogen (secondary N) is 2. The fourth-order valence-corrected chi connectivity index (χ4v) is 4.00. The zero-order valence-corrected chi connectivity index (χ0v) is 11.7. The summed E-state index contributed by atoms with van der Waals surface area (Å²) in [4.78, 5) is 11.2. The van der Waals surface area contributed by atoms with Crippen molar-refractivity contribution in [1.29, 1.82) is 0 Å². The van der Waals surface area contributed by atoms with Crippen LogP contribution >= 0.6 is 11.3 Å². The van der Waals surface area contributed by atoms with E-state index in [1.165, 1.54) is 6.20 Å². The number of carbonyl (C=O) groups is 1. The molecule has 0 radical (unpaired) electrons. The number of aromatic carboxylic acids is 1. The lowest BCUT2D eigenvalue weighted by atomic mass is 10.4. The Kier molecular flexibility index (Phi) is 3.33. The maximum absolute atomic E-state index is 12.2. The summed E-state index contributed by atoms with van der Waals surface area (Å²) in [7, 11) is -3.82. The van der Waals surface area contributed by atoms with Gasteiger partial charge in [0, 0.05) is 10.4 Å². The maximum atomic E-state index is 12.2. The van der Waals surface area contributed by atoms with Crippen molar-refractivity contribution < 1.29 is 18.3 Å². The monoisotopic (exact) mass is 301 g/mol. The molecule has 0 aliphatic rings. The van der Waals surface area contributed by atoms with Gasteiger partial charge in [0.25, 0.3) is 10.0 Å². The Morgan fingerprint density at radius 2 is 2.16 bits per heavy atom. The van der Waals surface area contributed by atoms with Gasteiger partial charge >= 0.3 is 5.97 Å². The van der Waals surface area contributed by atoms with Crippen molar-refractivity contribution in [2.75, 3.05) is 4.72 Å². The molecule has 0 unspecified atom stereocenters. The first-order chi connectivity index (χ1) is 8.81. The standard InChI is InChI=1S/C10H11N3O4S2/c1-5-4-11-12-9(5)13-19(16,17)8-3-7(10(14)15)18-6(8)2/h3-4H,1-2H3,(H,14,15)(H2,11,12,13). The van der Waals surface area contributed by atoms with E-state index >= 15 is 0 Å². The van der Waals surface area contributed by atoms with Gasteiger partial charge in [0.1, 0.15) is 15.6 Å². The van der Waals surface area contributed by atoms with Gasteiger partial charge in [0.2, 0.25) is 0 Å². The molecule has 0 atom stereocenters. The molecular formula is C10H11N3O4S2. The minimum Gasteiger partial charge on any atom is -0.477 e. The largest absolute Gasteiger partial charge is 0.477 e. The summed E-state index contributed by atoms with van der Waals surface area (Å²) in [5, 5.41) is 15.1. The highest BCUT2D eigenvalue weighted by Gasteiger charge is 2.23. The van der Waals surface area contributed by atoms with Crippen LogP contribution in [0.15, 0.2) is 17.2 Å². The lowest BCUT2D eigenvalue weighted by molar-refractivity contribution is 0.0702. The number of hydrogen-bond donors (Lipinski definition) is 3. The predicted molar refractivity (Wildman–Crippen MR) is 70.1 cm³/mol. The average Bonchev–Trinajstić information content (AvgIpc) is 2.86. The summed E-state index contributed by atoms with van der Waals surface area (Å²) in [6, 6.07) is 1.15. The third kappa shape index (κ3) is 2.61. The van der Waals surface area contributed by atoms with Crippen LogP contribution in [-0.4, -0.2) is 29.7 Å². The third-order valence-electron chi connectivity index (χ3n) is 2.44. The number of sulfonamides is 1. The molecule has 0 spiro atoms. The third-order valence-corrected chi connectivity index (χ3v) is 5.08. The van der Waals surface area contributed by atoms with Crippen molar-refractivity contribution in [3.63, 3.8) is 0 Å². The molecule has 0 amide bonds. The van der Waals surface area contributed by atoms with E-state index in [2.05, 4.69) is 14.9 Å². The van der Waals surface area contributed by atoms with Crippen molar-refractivity contribution in [2.24, 2.45) is 0 Å². The summed E-state index contributed by atoms with van der Waals surface area (Å²) >= 11 is 0.922. The van der Waals surface area contributed by atoms with Crippen molar-refractivity contribution in [3.8, 4) is 0 Å². The normalized spacial score (nSPS) is 11.5. The molecule has 0 saturated carbocycles. The quantitative estimate of drug-likeness (QED) is 0.793. The number of aryl methyl sites for hydroxylation is 2. The SMILES string of the molecule is Cc1cn[nH]c1NS(=O)(=O)c1cc(C(=O)O)sc1C. The van der Waals surface area contributed by atoms with Crippen molar-refractivity contribution in [3.05, 3.63) is 27.6 Å². The highest BCUT2D eigenvalue weighted by molar-refractivity contribution is 7.93. The molecule has 7 nitrogen and oxygen atoms in total. The summed E-state index contributed by atoms with van der Waals surface area (Å²) in [6.45, 7) is 3.26. The van der Waals surface area contributed by atoms with E-state index in [-0.39, 0.29) is 15.6 Å². The fraction of sp³-hybridized carbons (Fsp3) is 0.200. The molecular weight excluding hydrogens is 290 g/mol. The van der Waals surface area contributed by atoms with Gasteiger partial charge in [-0.1, -0.05) is 0 Å². The summed E-state index contributed by atoms with van der Waals surface area (Å²) in [6.07, 6.45) is 1.49. The summed E-state index contributed by atoms with van der Waals surface area (Å²) in [5.41, 5.74) is 0.648. The van der Waals surface area contributed by atoms with Crippen molar-refractivity contribution in [2.45, 2.75) is 18.7 Å². The number of carboxylic acid groups (broad SMARTS) is 1. The van der Waals surface area contributed by atoms with Crippen LogP contribution in [-0.2, 0) is 10.0 Å². The van der Waals surface area contributed by atoms with Gasteiger partial charge in [-0.3, -0.25) is 9.82 Å². The van der Waals surface area contributed by atoms with E-state index in [0.717, 1.165) is 17.4 Å². The highest BCUT2D eigenvalue weighted by Crippen LogP contribution is 2.27. The zero-order valence-electron chi connectivity index (χ0n) is 10.1. The highest BCUT2D eigenvalue weighted by atomic mass is 32.2. The Bertz CT molecular complexity index is 730. The van der Waals surface area contributed by atoms with Crippen LogP contribution in [0, 0.1) is 13.8 Å². The Labute approximate surface area is 113 Å². The number of aromatic amines is 1. The average molecular weight is 301 g/mol. The van der Waals surface area contributed by atoms with E-state index in [4.69, 9.17) is 5.11 Å². The van der Waals surface area contributed by atoms with E-state index in [0.29, 0.717) is 10.4 Å². The molecule has 102 valence electrons. The lowest BCUT2D eigenvalue weighted by Gasteiger charge is -2.05. The second-order valence-electron chi connectivity index (χ2n) is 3.87. The van der Waals surface area contributed by atoms with Gasteiger partial charge in [-0.05, 0) is 19.9 Å². The lowest BCUT2D eigenvalue weighted by Crippen LogP contribution is -2.14. The second kappa shape index (κ2) is 4.67. The number of hydrogen-bond acceptors (Lipinski definition) is 5. The molecule has 19 heavy (non-hydrogen) atoms. The Morgan fingerprint density at radius 3 is 2.63 bits per heavy atom. The van der Waals surface area contributed by atoms with E-state index in [1.54, 1.807) is 13.8 Å². The summed E-state index contributed by atoms with van der Waals surface area (Å²) in [5.74, 6) is -0.880.